The molecule has 210 valence electrons. The number of hydrogen-bond acceptors (Lipinski definition) is 3. The molecule has 0 spiro atoms. The Morgan fingerprint density at radius 2 is 1.03 bits per heavy atom. The van der Waals surface area contributed by atoms with Gasteiger partial charge in [0.25, 0.3) is 10.1 Å². The smallest absolute Gasteiger partial charge is 0.364 e. The quantitative estimate of drug-likeness (QED) is 0.0930. The number of carbonyl (C=O) groups is 1. The van der Waals surface area contributed by atoms with E-state index in [1.165, 1.54) is 77.0 Å². The van der Waals surface area contributed by atoms with Crippen LogP contribution in [0, 0.1) is 5.41 Å². The van der Waals surface area contributed by atoms with Crippen molar-refractivity contribution in [1.82, 2.24) is 0 Å². The minimum Gasteiger partial charge on any atom is -0.477 e. The van der Waals surface area contributed by atoms with Gasteiger partial charge in [-0.15, -0.1) is 0 Å². The van der Waals surface area contributed by atoms with Crippen molar-refractivity contribution in [2.24, 2.45) is 5.41 Å². The minimum absolute atomic E-state index is 0.0781. The first-order valence-corrected chi connectivity index (χ1v) is 15.6. The van der Waals surface area contributed by atoms with Crippen LogP contribution in [0.5, 0.6) is 0 Å². The lowest BCUT2D eigenvalue weighted by atomic mass is 9.71. The van der Waals surface area contributed by atoms with Crippen LogP contribution < -0.4 is 0 Å². The van der Waals surface area contributed by atoms with Crippen LogP contribution in [0.4, 0.5) is 0 Å². The van der Waals surface area contributed by atoms with Gasteiger partial charge >= 0.3 is 5.97 Å². The zero-order chi connectivity index (χ0) is 27.2. The predicted octanol–water partition coefficient (Wildman–Crippen LogP) is 7.47. The third-order valence-electron chi connectivity index (χ3n) is 7.58. The van der Waals surface area contributed by atoms with Gasteiger partial charge in [0.05, 0.1) is 21.1 Å². The Hall–Kier alpha value is -0.660. The molecule has 0 aromatic heterocycles. The van der Waals surface area contributed by atoms with Gasteiger partial charge in [-0.25, -0.2) is 4.79 Å². The molecule has 35 heavy (non-hydrogen) atoms. The van der Waals surface area contributed by atoms with E-state index < -0.39 is 32.3 Å². The summed E-state index contributed by atoms with van der Waals surface area (Å²) in [5.41, 5.74) is -0.940. The van der Waals surface area contributed by atoms with Gasteiger partial charge in [-0.1, -0.05) is 130 Å². The van der Waals surface area contributed by atoms with E-state index in [0.717, 1.165) is 19.3 Å². The van der Waals surface area contributed by atoms with E-state index in [2.05, 4.69) is 6.92 Å². The summed E-state index contributed by atoms with van der Waals surface area (Å²) in [6.45, 7) is 7.42. The second kappa shape index (κ2) is 16.2. The molecule has 2 N–H and O–H groups in total. The fourth-order valence-corrected chi connectivity index (χ4v) is 7.55. The number of carboxylic acid groups (broad SMARTS) is 1. The third kappa shape index (κ3) is 12.0. The summed E-state index contributed by atoms with van der Waals surface area (Å²) in [6.07, 6.45) is 19.7. The molecule has 0 aromatic carbocycles. The molecular weight excluding hydrogens is 462 g/mol. The Morgan fingerprint density at radius 1 is 0.714 bits per heavy atom. The summed E-state index contributed by atoms with van der Waals surface area (Å²) >= 11 is 0. The van der Waals surface area contributed by atoms with Crippen molar-refractivity contribution in [2.45, 2.75) is 148 Å². The van der Waals surface area contributed by atoms with Crippen molar-refractivity contribution in [3.8, 4) is 0 Å². The fraction of sp³-hybridized carbons (Fsp3) is 0.964. The number of hydrogen-bond donors (Lipinski definition) is 2. The number of unbranched alkanes of at least 4 members (excludes halogenated alkanes) is 15. The lowest BCUT2D eigenvalue weighted by molar-refractivity contribution is -0.890. The lowest BCUT2D eigenvalue weighted by Gasteiger charge is -2.49. The largest absolute Gasteiger partial charge is 0.477 e. The molecular formula is C28H58NO5S+. The van der Waals surface area contributed by atoms with E-state index in [1.807, 2.05) is 0 Å². The van der Waals surface area contributed by atoms with Crippen molar-refractivity contribution in [3.63, 3.8) is 0 Å². The van der Waals surface area contributed by atoms with Gasteiger partial charge in [0, 0.05) is 0 Å². The van der Waals surface area contributed by atoms with Gasteiger partial charge < -0.3 is 9.59 Å². The number of rotatable bonds is 21. The highest BCUT2D eigenvalue weighted by molar-refractivity contribution is 7.87. The van der Waals surface area contributed by atoms with E-state index in [-0.39, 0.29) is 10.9 Å². The minimum atomic E-state index is -4.63. The highest BCUT2D eigenvalue weighted by Gasteiger charge is 2.65. The summed E-state index contributed by atoms with van der Waals surface area (Å²) in [5, 5.41) is 10.0. The molecule has 0 aromatic rings. The standard InChI is InChI=1S/C28H57NO5S/c1-8-9-10-11-12-13-14-15-16-17-18-19-20-21-22-23-24-28(27(2,3)4,35(32,33)34)25(26(30)31)29(5,6)7/h25H,8-24H2,1-7H3,(H-,30,31,32,33,34)/p+1. The van der Waals surface area contributed by atoms with Gasteiger partial charge in [0.2, 0.25) is 6.04 Å². The summed E-state index contributed by atoms with van der Waals surface area (Å²) < 4.78 is 34.1. The van der Waals surface area contributed by atoms with Gasteiger partial charge in [0.15, 0.2) is 4.75 Å². The number of carboxylic acids is 1. The summed E-state index contributed by atoms with van der Waals surface area (Å²) in [4.78, 5) is 12.3. The third-order valence-corrected chi connectivity index (χ3v) is 9.54. The van der Waals surface area contributed by atoms with Crippen LogP contribution in [0.3, 0.4) is 0 Å². The van der Waals surface area contributed by atoms with Gasteiger partial charge in [-0.3, -0.25) is 4.55 Å². The van der Waals surface area contributed by atoms with Crippen LogP contribution in [-0.2, 0) is 14.9 Å². The first-order chi connectivity index (χ1) is 16.1. The molecule has 0 amide bonds. The highest BCUT2D eigenvalue weighted by atomic mass is 32.2. The van der Waals surface area contributed by atoms with Crippen molar-refractivity contribution in [3.05, 3.63) is 0 Å². The molecule has 2 unspecified atom stereocenters. The SMILES string of the molecule is CCCCCCCCCCCCCCCCCCC(C(C(=O)O)[N+](C)(C)C)(C(C)(C)C)S(=O)(=O)O. The fourth-order valence-electron chi connectivity index (χ4n) is 5.67. The number of likely N-dealkylation sites (N-methyl/N-ethyl adjacent to an activating group) is 1. The average molecular weight is 521 g/mol. The second-order valence-corrected chi connectivity index (χ2v) is 14.2. The predicted molar refractivity (Wildman–Crippen MR) is 147 cm³/mol. The maximum absolute atomic E-state index is 12.8. The summed E-state index contributed by atoms with van der Waals surface area (Å²) in [6, 6.07) is -1.27. The van der Waals surface area contributed by atoms with Gasteiger partial charge in [-0.05, 0) is 11.8 Å². The molecule has 6 nitrogen and oxygen atoms in total. The van der Waals surface area contributed by atoms with E-state index in [0.29, 0.717) is 6.42 Å². The first-order valence-electron chi connectivity index (χ1n) is 14.1. The summed E-state index contributed by atoms with van der Waals surface area (Å²) in [7, 11) is 0.407. The Morgan fingerprint density at radius 3 is 1.26 bits per heavy atom. The molecule has 2 atom stereocenters. The molecule has 0 aliphatic rings. The van der Waals surface area contributed by atoms with E-state index in [1.54, 1.807) is 41.9 Å². The second-order valence-electron chi connectivity index (χ2n) is 12.5. The maximum atomic E-state index is 12.8. The van der Waals surface area contributed by atoms with Crippen LogP contribution in [0.25, 0.3) is 0 Å². The molecule has 7 heteroatoms. The normalized spacial score (nSPS) is 15.7. The Balaban J connectivity index is 4.50. The molecule has 0 fully saturated rings. The lowest BCUT2D eigenvalue weighted by Crippen LogP contribution is -2.70. The maximum Gasteiger partial charge on any atom is 0.364 e. The van der Waals surface area contributed by atoms with E-state index in [4.69, 9.17) is 0 Å². The van der Waals surface area contributed by atoms with Crippen LogP contribution >= 0.6 is 0 Å². The van der Waals surface area contributed by atoms with Crippen LogP contribution in [-0.4, -0.2) is 60.5 Å². The Labute approximate surface area is 217 Å². The number of quaternary nitrogens is 1. The number of nitrogens with zero attached hydrogens (tertiary/aromatic N) is 1. The molecule has 0 aliphatic carbocycles. The molecule has 0 saturated heterocycles. The number of aliphatic carboxylic acids is 1. The van der Waals surface area contributed by atoms with Crippen molar-refractivity contribution in [1.29, 1.82) is 0 Å². The molecule has 0 radical (unpaired) electrons. The van der Waals surface area contributed by atoms with Crippen LogP contribution in [0.15, 0.2) is 0 Å². The molecule has 0 heterocycles. The van der Waals surface area contributed by atoms with Gasteiger partial charge in [-0.2, -0.15) is 8.42 Å². The molecule has 0 rings (SSSR count). The first kappa shape index (κ1) is 34.3. The monoisotopic (exact) mass is 520 g/mol. The zero-order valence-corrected chi connectivity index (χ0v) is 24.9. The molecule has 0 saturated carbocycles. The van der Waals surface area contributed by atoms with E-state index >= 15 is 0 Å². The van der Waals surface area contributed by atoms with Crippen molar-refractivity contribution >= 4 is 16.1 Å². The van der Waals surface area contributed by atoms with E-state index in [9.17, 15) is 22.9 Å². The topological polar surface area (TPSA) is 91.7 Å². The Bertz CT molecular complexity index is 678. The van der Waals surface area contributed by atoms with Crippen LogP contribution in [0.1, 0.15) is 137 Å². The Kier molecular flexibility index (Phi) is 15.9. The average Bonchev–Trinajstić information content (AvgIpc) is 2.69. The van der Waals surface area contributed by atoms with Crippen molar-refractivity contribution in [2.75, 3.05) is 21.1 Å². The molecule has 0 bridgehead atoms. The highest BCUT2D eigenvalue weighted by Crippen LogP contribution is 2.46. The summed E-state index contributed by atoms with van der Waals surface area (Å²) in [5.74, 6) is -1.19. The van der Waals surface area contributed by atoms with Gasteiger partial charge in [0.1, 0.15) is 0 Å². The van der Waals surface area contributed by atoms with Crippen LogP contribution in [0.2, 0.25) is 0 Å². The molecule has 0 aliphatic heterocycles. The zero-order valence-electron chi connectivity index (χ0n) is 24.1. The van der Waals surface area contributed by atoms with Crippen molar-refractivity contribution < 1.29 is 27.4 Å².